The van der Waals surface area contributed by atoms with Gasteiger partial charge in [0, 0.05) is 17.5 Å². The molecule has 2 atom stereocenters. The highest BCUT2D eigenvalue weighted by molar-refractivity contribution is 5.42. The van der Waals surface area contributed by atoms with Gasteiger partial charge in [0.1, 0.15) is 5.82 Å². The third kappa shape index (κ3) is 2.61. The van der Waals surface area contributed by atoms with Crippen LogP contribution in [-0.2, 0) is 4.74 Å². The molecule has 0 amide bonds. The molecule has 5 heteroatoms. The second-order valence-corrected chi connectivity index (χ2v) is 4.05. The summed E-state index contributed by atoms with van der Waals surface area (Å²) in [5.74, 6) is -1.34. The lowest BCUT2D eigenvalue weighted by molar-refractivity contribution is 0.188. The zero-order valence-corrected chi connectivity index (χ0v) is 9.00. The van der Waals surface area contributed by atoms with Gasteiger partial charge < -0.3 is 10.5 Å². The summed E-state index contributed by atoms with van der Waals surface area (Å²) in [6, 6.07) is 4.28. The number of nitrogens with two attached hydrogens (primary N) is 1. The number of rotatable bonds is 2. The fourth-order valence-corrected chi connectivity index (χ4v) is 2.06. The van der Waals surface area contributed by atoms with E-state index in [1.807, 2.05) is 0 Å². The van der Waals surface area contributed by atoms with Gasteiger partial charge >= 0.3 is 0 Å². The molecule has 1 fully saturated rings. The van der Waals surface area contributed by atoms with Crippen molar-refractivity contribution in [2.45, 2.75) is 5.92 Å². The Kier molecular flexibility index (Phi) is 3.38. The minimum Gasteiger partial charge on any atom is -0.399 e. The summed E-state index contributed by atoms with van der Waals surface area (Å²) in [7, 11) is 0. The highest BCUT2D eigenvalue weighted by Crippen LogP contribution is 2.34. The Balaban J connectivity index is 2.29. The molecule has 0 spiro atoms. The van der Waals surface area contributed by atoms with E-state index in [4.69, 9.17) is 10.5 Å². The number of nitrogen functional groups attached to an aromatic ring is 1. The van der Waals surface area contributed by atoms with Crippen LogP contribution in [0.25, 0.3) is 0 Å². The Hall–Kier alpha value is -1.49. The van der Waals surface area contributed by atoms with Gasteiger partial charge in [-0.15, -0.1) is 0 Å². The highest BCUT2D eigenvalue weighted by Gasteiger charge is 2.30. The second kappa shape index (κ2) is 4.79. The molecule has 1 aromatic carbocycles. The van der Waals surface area contributed by atoms with Crippen LogP contribution in [0.1, 0.15) is 11.5 Å². The Labute approximate surface area is 96.9 Å². The third-order valence-corrected chi connectivity index (χ3v) is 2.89. The first-order valence-corrected chi connectivity index (χ1v) is 5.23. The van der Waals surface area contributed by atoms with E-state index in [1.165, 1.54) is 12.1 Å². The minimum atomic E-state index is -1.76. The van der Waals surface area contributed by atoms with Crippen molar-refractivity contribution in [1.82, 2.24) is 0 Å². The normalized spacial score (nSPS) is 23.7. The predicted octanol–water partition coefficient (Wildman–Crippen LogP) is 2.92. The molecular weight excluding hydrogens is 231 g/mol. The maximum Gasteiger partial charge on any atom is 0.266 e. The molecule has 1 saturated heterocycles. The molecule has 2 nitrogen and oxygen atoms in total. The number of hydrogen-bond acceptors (Lipinski definition) is 2. The van der Waals surface area contributed by atoms with Gasteiger partial charge in [0.2, 0.25) is 0 Å². The highest BCUT2D eigenvalue weighted by atomic mass is 19.3. The maximum absolute atomic E-state index is 13.7. The average Bonchev–Trinajstić information content (AvgIpc) is 2.65. The molecule has 0 saturated carbocycles. The molecule has 92 valence electrons. The fourth-order valence-electron chi connectivity index (χ4n) is 2.06. The van der Waals surface area contributed by atoms with Gasteiger partial charge in [0.25, 0.3) is 6.08 Å². The first kappa shape index (κ1) is 12.0. The third-order valence-electron chi connectivity index (χ3n) is 2.89. The van der Waals surface area contributed by atoms with E-state index in [9.17, 15) is 13.2 Å². The summed E-state index contributed by atoms with van der Waals surface area (Å²) in [5.41, 5.74) is 6.13. The Morgan fingerprint density at radius 3 is 2.76 bits per heavy atom. The van der Waals surface area contributed by atoms with E-state index < -0.39 is 17.8 Å². The fraction of sp³-hybridized carbons (Fsp3) is 0.333. The zero-order chi connectivity index (χ0) is 12.4. The van der Waals surface area contributed by atoms with Crippen LogP contribution in [0, 0.1) is 11.7 Å². The van der Waals surface area contributed by atoms with Crippen LogP contribution in [0.5, 0.6) is 0 Å². The second-order valence-electron chi connectivity index (χ2n) is 4.05. The van der Waals surface area contributed by atoms with Gasteiger partial charge in [-0.1, -0.05) is 6.07 Å². The van der Waals surface area contributed by atoms with E-state index in [0.717, 1.165) is 6.08 Å². The van der Waals surface area contributed by atoms with Crippen LogP contribution in [0.3, 0.4) is 0 Å². The van der Waals surface area contributed by atoms with E-state index >= 15 is 0 Å². The van der Waals surface area contributed by atoms with Crippen LogP contribution in [0.2, 0.25) is 0 Å². The van der Waals surface area contributed by atoms with Crippen LogP contribution in [0.15, 0.2) is 30.4 Å². The zero-order valence-electron chi connectivity index (χ0n) is 9.00. The monoisotopic (exact) mass is 243 g/mol. The van der Waals surface area contributed by atoms with Crippen LogP contribution in [0.4, 0.5) is 18.9 Å². The maximum atomic E-state index is 13.7. The van der Waals surface area contributed by atoms with Gasteiger partial charge in [-0.25, -0.2) is 4.39 Å². The number of ether oxygens (including phenoxy) is 1. The van der Waals surface area contributed by atoms with Gasteiger partial charge in [-0.2, -0.15) is 8.78 Å². The van der Waals surface area contributed by atoms with Crippen molar-refractivity contribution in [2.24, 2.45) is 5.92 Å². The number of halogens is 3. The van der Waals surface area contributed by atoms with Gasteiger partial charge in [0.05, 0.1) is 13.2 Å². The topological polar surface area (TPSA) is 35.2 Å². The summed E-state index contributed by atoms with van der Waals surface area (Å²) in [4.78, 5) is 0. The van der Waals surface area contributed by atoms with Gasteiger partial charge in [0.15, 0.2) is 0 Å². The molecule has 0 aliphatic carbocycles. The molecular formula is C12H12F3NO. The van der Waals surface area contributed by atoms with Crippen LogP contribution >= 0.6 is 0 Å². The van der Waals surface area contributed by atoms with E-state index in [-0.39, 0.29) is 19.1 Å². The Morgan fingerprint density at radius 1 is 1.35 bits per heavy atom. The van der Waals surface area contributed by atoms with E-state index in [1.54, 1.807) is 6.07 Å². The van der Waals surface area contributed by atoms with Crippen molar-refractivity contribution in [3.8, 4) is 0 Å². The van der Waals surface area contributed by atoms with Crippen molar-refractivity contribution in [1.29, 1.82) is 0 Å². The molecule has 1 heterocycles. The quantitative estimate of drug-likeness (QED) is 0.810. The largest absolute Gasteiger partial charge is 0.399 e. The van der Waals surface area contributed by atoms with E-state index in [0.29, 0.717) is 11.3 Å². The van der Waals surface area contributed by atoms with Crippen LogP contribution in [-0.4, -0.2) is 13.2 Å². The van der Waals surface area contributed by atoms with Crippen molar-refractivity contribution >= 4 is 5.69 Å². The molecule has 17 heavy (non-hydrogen) atoms. The standard InChI is InChI=1S/C12H12F3NO/c13-11-4-8(16)1-2-9(11)10-6-17-5-7(10)3-12(14)15/h1-4,7,10H,5-6,16H2/t7-,10+/m0/s1. The average molecular weight is 243 g/mol. The lowest BCUT2D eigenvalue weighted by atomic mass is 9.88. The molecule has 0 aromatic heterocycles. The molecule has 2 rings (SSSR count). The molecule has 2 N–H and O–H groups in total. The predicted molar refractivity (Wildman–Crippen MR) is 58.2 cm³/mol. The summed E-state index contributed by atoms with van der Waals surface area (Å²) >= 11 is 0. The van der Waals surface area contributed by atoms with Crippen LogP contribution < -0.4 is 5.73 Å². The van der Waals surface area contributed by atoms with Gasteiger partial charge in [-0.05, 0) is 23.8 Å². The first-order chi connectivity index (χ1) is 8.08. The van der Waals surface area contributed by atoms with Gasteiger partial charge in [-0.3, -0.25) is 0 Å². The molecule has 0 unspecified atom stereocenters. The number of hydrogen-bond donors (Lipinski definition) is 1. The smallest absolute Gasteiger partial charge is 0.266 e. The Bertz CT molecular complexity index is 443. The van der Waals surface area contributed by atoms with E-state index in [2.05, 4.69) is 0 Å². The summed E-state index contributed by atoms with van der Waals surface area (Å²) in [5, 5.41) is 0. The number of anilines is 1. The summed E-state index contributed by atoms with van der Waals surface area (Å²) in [6.45, 7) is 0.432. The van der Waals surface area contributed by atoms with Crippen molar-refractivity contribution in [2.75, 3.05) is 18.9 Å². The molecule has 1 aliphatic heterocycles. The summed E-state index contributed by atoms with van der Waals surface area (Å²) in [6.07, 6.45) is -0.936. The molecule has 1 aromatic rings. The lowest BCUT2D eigenvalue weighted by Crippen LogP contribution is -2.10. The SMILES string of the molecule is Nc1ccc([C@@H]2COC[C@@H]2C=C(F)F)c(F)c1. The molecule has 0 bridgehead atoms. The van der Waals surface area contributed by atoms with Crippen molar-refractivity contribution in [3.63, 3.8) is 0 Å². The van der Waals surface area contributed by atoms with Crippen molar-refractivity contribution in [3.05, 3.63) is 41.7 Å². The van der Waals surface area contributed by atoms with Crippen molar-refractivity contribution < 1.29 is 17.9 Å². The molecule has 0 radical (unpaired) electrons. The minimum absolute atomic E-state index is 0.186. The lowest BCUT2D eigenvalue weighted by Gasteiger charge is -2.15. The molecule has 1 aliphatic rings. The number of benzene rings is 1. The first-order valence-electron chi connectivity index (χ1n) is 5.23. The Morgan fingerprint density at radius 2 is 2.12 bits per heavy atom. The summed E-state index contributed by atoms with van der Waals surface area (Å²) < 4.78 is 43.3.